The summed E-state index contributed by atoms with van der Waals surface area (Å²) in [5, 5.41) is 0. The van der Waals surface area contributed by atoms with Crippen LogP contribution in [0, 0.1) is 0 Å². The molecule has 0 amide bonds. The van der Waals surface area contributed by atoms with E-state index in [1.807, 2.05) is 0 Å². The van der Waals surface area contributed by atoms with Crippen LogP contribution in [0.5, 0.6) is 0 Å². The van der Waals surface area contributed by atoms with Crippen molar-refractivity contribution in [3.8, 4) is 0 Å². The molecule has 2 unspecified atom stereocenters. The third-order valence-electron chi connectivity index (χ3n) is 1.55. The molecule has 0 saturated carbocycles. The summed E-state index contributed by atoms with van der Waals surface area (Å²) >= 11 is 1.67. The van der Waals surface area contributed by atoms with Crippen LogP contribution in [0.3, 0.4) is 0 Å². The number of nitrogens with two attached hydrogens (primary N) is 1. The number of hydrogen-bond donors (Lipinski definition) is 1. The SMILES string of the molecule is CC(N)CCCC[CH](C)[Sn]. The van der Waals surface area contributed by atoms with E-state index in [1.54, 1.807) is 22.5 Å². The molecular formula is C8H18NSn. The molecule has 0 bridgehead atoms. The quantitative estimate of drug-likeness (QED) is 0.582. The monoisotopic (exact) mass is 248 g/mol. The van der Waals surface area contributed by atoms with Gasteiger partial charge >= 0.3 is 77.8 Å². The van der Waals surface area contributed by atoms with E-state index in [2.05, 4.69) is 13.8 Å². The van der Waals surface area contributed by atoms with Gasteiger partial charge in [-0.1, -0.05) is 0 Å². The van der Waals surface area contributed by atoms with E-state index in [4.69, 9.17) is 5.73 Å². The number of hydrogen-bond acceptors (Lipinski definition) is 1. The Morgan fingerprint density at radius 3 is 2.10 bits per heavy atom. The molecule has 0 aromatic rings. The van der Waals surface area contributed by atoms with Crippen molar-refractivity contribution in [2.24, 2.45) is 5.73 Å². The fourth-order valence-corrected chi connectivity index (χ4v) is 1.50. The maximum atomic E-state index is 5.61. The van der Waals surface area contributed by atoms with Crippen LogP contribution >= 0.6 is 0 Å². The van der Waals surface area contributed by atoms with Crippen molar-refractivity contribution in [1.29, 1.82) is 0 Å². The van der Waals surface area contributed by atoms with Gasteiger partial charge in [0.1, 0.15) is 0 Å². The van der Waals surface area contributed by atoms with Gasteiger partial charge in [-0.25, -0.2) is 0 Å². The molecule has 0 aromatic carbocycles. The minimum atomic E-state index is 0.403. The van der Waals surface area contributed by atoms with Crippen molar-refractivity contribution >= 4 is 22.5 Å². The summed E-state index contributed by atoms with van der Waals surface area (Å²) in [7, 11) is 0. The first-order valence-electron chi connectivity index (χ1n) is 4.09. The van der Waals surface area contributed by atoms with Crippen LogP contribution in [0.2, 0.25) is 3.93 Å². The van der Waals surface area contributed by atoms with E-state index in [1.165, 1.54) is 25.7 Å². The molecule has 0 saturated heterocycles. The van der Waals surface area contributed by atoms with Crippen LogP contribution in [0.4, 0.5) is 0 Å². The zero-order valence-corrected chi connectivity index (χ0v) is 9.91. The maximum absolute atomic E-state index is 5.61. The van der Waals surface area contributed by atoms with Gasteiger partial charge in [-0.15, -0.1) is 0 Å². The van der Waals surface area contributed by atoms with E-state index in [9.17, 15) is 0 Å². The van der Waals surface area contributed by atoms with Gasteiger partial charge in [-0.3, -0.25) is 0 Å². The van der Waals surface area contributed by atoms with Crippen LogP contribution in [0.1, 0.15) is 39.5 Å². The van der Waals surface area contributed by atoms with Crippen molar-refractivity contribution in [2.45, 2.75) is 49.5 Å². The van der Waals surface area contributed by atoms with Gasteiger partial charge in [0.2, 0.25) is 0 Å². The second-order valence-electron chi connectivity index (χ2n) is 3.16. The Bertz CT molecular complexity index is 61.7. The molecule has 1 nitrogen and oxygen atoms in total. The molecule has 0 aliphatic carbocycles. The molecule has 0 rings (SSSR count). The summed E-state index contributed by atoms with van der Waals surface area (Å²) in [6.45, 7) is 4.39. The molecule has 2 atom stereocenters. The summed E-state index contributed by atoms with van der Waals surface area (Å²) in [6, 6.07) is 0.403. The Morgan fingerprint density at radius 1 is 1.20 bits per heavy atom. The molecule has 59 valence electrons. The predicted octanol–water partition coefficient (Wildman–Crippen LogP) is 1.87. The normalized spacial score (nSPS) is 16.8. The van der Waals surface area contributed by atoms with Gasteiger partial charge in [0.25, 0.3) is 0 Å². The van der Waals surface area contributed by atoms with Gasteiger partial charge in [-0.2, -0.15) is 0 Å². The Hall–Kier alpha value is 0.759. The summed E-state index contributed by atoms with van der Waals surface area (Å²) in [5.74, 6) is 0. The van der Waals surface area contributed by atoms with E-state index in [-0.39, 0.29) is 0 Å². The molecule has 2 heteroatoms. The van der Waals surface area contributed by atoms with E-state index in [0.29, 0.717) is 6.04 Å². The zero-order chi connectivity index (χ0) is 7.98. The molecule has 0 aliphatic heterocycles. The van der Waals surface area contributed by atoms with Crippen molar-refractivity contribution in [3.63, 3.8) is 0 Å². The molecule has 0 aromatic heterocycles. The summed E-state index contributed by atoms with van der Waals surface area (Å²) < 4.78 is 0.945. The van der Waals surface area contributed by atoms with E-state index >= 15 is 0 Å². The first-order valence-corrected chi connectivity index (χ1v) is 5.74. The van der Waals surface area contributed by atoms with Crippen LogP contribution in [-0.2, 0) is 0 Å². The van der Waals surface area contributed by atoms with Gasteiger partial charge in [0.05, 0.1) is 0 Å². The average molecular weight is 247 g/mol. The molecule has 10 heavy (non-hydrogen) atoms. The fourth-order valence-electron chi connectivity index (χ4n) is 0.917. The van der Waals surface area contributed by atoms with Gasteiger partial charge in [0, 0.05) is 0 Å². The molecule has 3 radical (unpaired) electrons. The Kier molecular flexibility index (Phi) is 6.96. The third kappa shape index (κ3) is 8.76. The van der Waals surface area contributed by atoms with Crippen LogP contribution in [-0.4, -0.2) is 28.6 Å². The van der Waals surface area contributed by atoms with Crippen LogP contribution in [0.25, 0.3) is 0 Å². The first-order chi connectivity index (χ1) is 4.63. The second-order valence-corrected chi connectivity index (χ2v) is 5.98. The van der Waals surface area contributed by atoms with Gasteiger partial charge in [0.15, 0.2) is 0 Å². The van der Waals surface area contributed by atoms with Crippen LogP contribution in [0.15, 0.2) is 0 Å². The minimum absolute atomic E-state index is 0.403. The Morgan fingerprint density at radius 2 is 1.70 bits per heavy atom. The first kappa shape index (κ1) is 10.8. The summed E-state index contributed by atoms with van der Waals surface area (Å²) in [4.78, 5) is 0. The fraction of sp³-hybridized carbons (Fsp3) is 1.00. The van der Waals surface area contributed by atoms with E-state index in [0.717, 1.165) is 3.93 Å². The van der Waals surface area contributed by atoms with Crippen molar-refractivity contribution in [2.75, 3.05) is 0 Å². The Labute approximate surface area is 77.8 Å². The topological polar surface area (TPSA) is 26.0 Å². The van der Waals surface area contributed by atoms with Crippen molar-refractivity contribution in [3.05, 3.63) is 0 Å². The van der Waals surface area contributed by atoms with Gasteiger partial charge < -0.3 is 0 Å². The Balaban J connectivity index is 2.91. The predicted molar refractivity (Wildman–Crippen MR) is 47.3 cm³/mol. The summed E-state index contributed by atoms with van der Waals surface area (Å²) in [6.07, 6.45) is 5.28. The van der Waals surface area contributed by atoms with E-state index < -0.39 is 0 Å². The van der Waals surface area contributed by atoms with Crippen molar-refractivity contribution in [1.82, 2.24) is 0 Å². The molecular weight excluding hydrogens is 229 g/mol. The molecule has 0 aliphatic rings. The second kappa shape index (κ2) is 6.47. The van der Waals surface area contributed by atoms with Crippen LogP contribution < -0.4 is 5.73 Å². The number of unbranched alkanes of at least 4 members (excludes halogenated alkanes) is 1. The summed E-state index contributed by atoms with van der Waals surface area (Å²) in [5.41, 5.74) is 5.61. The van der Waals surface area contributed by atoms with Crippen molar-refractivity contribution < 1.29 is 0 Å². The molecule has 2 N–H and O–H groups in total. The number of rotatable bonds is 5. The third-order valence-corrected chi connectivity index (χ3v) is 2.37. The molecule has 0 heterocycles. The standard InChI is InChI=1S/C8H18N.Sn/c1-3-4-5-6-7-8(2)9;/h3,8H,4-7,9H2,1-2H3;. The van der Waals surface area contributed by atoms with Gasteiger partial charge in [-0.05, 0) is 0 Å². The molecule has 0 spiro atoms. The molecule has 0 fully saturated rings. The zero-order valence-electron chi connectivity index (χ0n) is 7.06. The average Bonchev–Trinajstić information content (AvgIpc) is 1.79.